The lowest BCUT2D eigenvalue weighted by atomic mass is 10.1. The number of nitrogens with zero attached hydrogens (tertiary/aromatic N) is 1. The fourth-order valence-corrected chi connectivity index (χ4v) is 4.99. The van der Waals surface area contributed by atoms with Crippen molar-refractivity contribution in [2.45, 2.75) is 16.7 Å². The fraction of sp³-hybridized carbons (Fsp3) is 0.190. The van der Waals surface area contributed by atoms with Crippen LogP contribution in [0.2, 0.25) is 5.02 Å². The largest absolute Gasteiger partial charge is 0.325 e. The molecule has 0 spiro atoms. The van der Waals surface area contributed by atoms with Crippen molar-refractivity contribution in [3.8, 4) is 0 Å². The van der Waals surface area contributed by atoms with Crippen molar-refractivity contribution in [3.63, 3.8) is 0 Å². The molecule has 0 aromatic heterocycles. The molecule has 0 fully saturated rings. The maximum atomic E-state index is 12.5. The number of nitrogens with one attached hydrogen (secondary N) is 1. The lowest BCUT2D eigenvalue weighted by Crippen LogP contribution is -2.22. The van der Waals surface area contributed by atoms with E-state index < -0.39 is 10.0 Å². The van der Waals surface area contributed by atoms with Crippen molar-refractivity contribution in [2.24, 2.45) is 0 Å². The molecular weight excluding hydrogens is 428 g/mol. The predicted molar refractivity (Wildman–Crippen MR) is 120 cm³/mol. The topological polar surface area (TPSA) is 66.5 Å². The first-order chi connectivity index (χ1) is 13.7. The molecule has 0 atom stereocenters. The summed E-state index contributed by atoms with van der Waals surface area (Å²) in [6.45, 7) is 1.82. The van der Waals surface area contributed by atoms with Gasteiger partial charge in [-0.25, -0.2) is 12.7 Å². The van der Waals surface area contributed by atoms with Gasteiger partial charge in [0.2, 0.25) is 15.9 Å². The molecule has 1 amide bonds. The number of aryl methyl sites for hydroxylation is 1. The van der Waals surface area contributed by atoms with Gasteiger partial charge in [-0.1, -0.05) is 41.9 Å². The van der Waals surface area contributed by atoms with E-state index in [-0.39, 0.29) is 16.6 Å². The zero-order chi connectivity index (χ0) is 21.2. The minimum Gasteiger partial charge on any atom is -0.325 e. The summed E-state index contributed by atoms with van der Waals surface area (Å²) in [6.07, 6.45) is 0. The van der Waals surface area contributed by atoms with E-state index in [1.807, 2.05) is 43.3 Å². The van der Waals surface area contributed by atoms with Gasteiger partial charge in [-0.15, -0.1) is 11.8 Å². The number of hydrogen-bond donors (Lipinski definition) is 1. The third-order valence-corrected chi connectivity index (χ3v) is 7.62. The van der Waals surface area contributed by atoms with E-state index in [2.05, 4.69) is 5.32 Å². The molecule has 0 bridgehead atoms. The van der Waals surface area contributed by atoms with E-state index in [0.717, 1.165) is 25.5 Å². The number of sulfonamides is 1. The third-order valence-electron chi connectivity index (χ3n) is 4.44. The molecule has 0 unspecified atom stereocenters. The van der Waals surface area contributed by atoms with E-state index in [4.69, 9.17) is 11.6 Å². The number of carbonyl (C=O) groups excluding carboxylic acids is 1. The molecule has 0 aliphatic rings. The fourth-order valence-electron chi connectivity index (χ4n) is 2.82. The van der Waals surface area contributed by atoms with Crippen molar-refractivity contribution in [1.29, 1.82) is 0 Å². The molecule has 3 rings (SSSR count). The molecule has 3 aromatic rings. The lowest BCUT2D eigenvalue weighted by Gasteiger charge is -2.14. The predicted octanol–water partition coefficient (Wildman–Crippen LogP) is 4.78. The number of anilines is 1. The third kappa shape index (κ3) is 4.75. The highest BCUT2D eigenvalue weighted by Crippen LogP contribution is 2.33. The minimum absolute atomic E-state index is 0.136. The maximum Gasteiger partial charge on any atom is 0.242 e. The average molecular weight is 449 g/mol. The van der Waals surface area contributed by atoms with Crippen molar-refractivity contribution < 1.29 is 13.2 Å². The van der Waals surface area contributed by atoms with Crippen LogP contribution in [0.5, 0.6) is 0 Å². The van der Waals surface area contributed by atoms with Crippen LogP contribution < -0.4 is 5.32 Å². The number of thioether (sulfide) groups is 1. The Hall–Kier alpha value is -2.06. The molecule has 1 N–H and O–H groups in total. The normalized spacial score (nSPS) is 11.8. The first kappa shape index (κ1) is 21.6. The van der Waals surface area contributed by atoms with Crippen LogP contribution in [-0.2, 0) is 14.8 Å². The van der Waals surface area contributed by atoms with Gasteiger partial charge in [0, 0.05) is 35.1 Å². The summed E-state index contributed by atoms with van der Waals surface area (Å²) in [6, 6.07) is 16.2. The van der Waals surface area contributed by atoms with Crippen LogP contribution in [0.25, 0.3) is 10.8 Å². The van der Waals surface area contributed by atoms with E-state index in [1.165, 1.54) is 38.0 Å². The molecular formula is C21H21ClN2O3S2. The number of rotatable bonds is 6. The number of benzene rings is 3. The SMILES string of the molecule is Cc1ccc(S(=O)(=O)N(C)C)cc1NC(=O)CSc1cccc2cccc(Cl)c12. The Morgan fingerprint density at radius 1 is 1.10 bits per heavy atom. The average Bonchev–Trinajstić information content (AvgIpc) is 2.68. The Bertz CT molecular complexity index is 1170. The second-order valence-corrected chi connectivity index (χ2v) is 10.3. The summed E-state index contributed by atoms with van der Waals surface area (Å²) < 4.78 is 25.8. The lowest BCUT2D eigenvalue weighted by molar-refractivity contribution is -0.113. The Kier molecular flexibility index (Phi) is 6.53. The van der Waals surface area contributed by atoms with Gasteiger partial charge in [-0.3, -0.25) is 4.79 Å². The van der Waals surface area contributed by atoms with Crippen molar-refractivity contribution in [3.05, 3.63) is 65.2 Å². The Labute approximate surface area is 180 Å². The summed E-state index contributed by atoms with van der Waals surface area (Å²) >= 11 is 7.73. The van der Waals surface area contributed by atoms with Gasteiger partial charge in [-0.2, -0.15) is 0 Å². The molecule has 0 aliphatic carbocycles. The minimum atomic E-state index is -3.57. The maximum absolute atomic E-state index is 12.5. The summed E-state index contributed by atoms with van der Waals surface area (Å²) in [5.41, 5.74) is 1.27. The number of hydrogen-bond acceptors (Lipinski definition) is 4. The van der Waals surface area contributed by atoms with Crippen LogP contribution in [0.3, 0.4) is 0 Å². The van der Waals surface area contributed by atoms with Gasteiger partial charge in [0.1, 0.15) is 0 Å². The van der Waals surface area contributed by atoms with Crippen LogP contribution in [0.1, 0.15) is 5.56 Å². The zero-order valence-electron chi connectivity index (χ0n) is 16.3. The molecule has 8 heteroatoms. The van der Waals surface area contributed by atoms with Crippen LogP contribution in [-0.4, -0.2) is 38.5 Å². The number of amides is 1. The molecule has 0 aliphatic heterocycles. The van der Waals surface area contributed by atoms with Gasteiger partial charge < -0.3 is 5.32 Å². The molecule has 0 saturated heterocycles. The number of halogens is 1. The van der Waals surface area contributed by atoms with Gasteiger partial charge in [0.15, 0.2) is 0 Å². The van der Waals surface area contributed by atoms with E-state index in [1.54, 1.807) is 6.07 Å². The number of fused-ring (bicyclic) bond motifs is 1. The quantitative estimate of drug-likeness (QED) is 0.551. The molecule has 5 nitrogen and oxygen atoms in total. The van der Waals surface area contributed by atoms with Crippen LogP contribution in [0.4, 0.5) is 5.69 Å². The molecule has 152 valence electrons. The summed E-state index contributed by atoms with van der Waals surface area (Å²) in [5, 5.41) is 5.40. The summed E-state index contributed by atoms with van der Waals surface area (Å²) in [5.74, 6) is -0.0457. The monoisotopic (exact) mass is 448 g/mol. The first-order valence-corrected chi connectivity index (χ1v) is 11.6. The Balaban J connectivity index is 1.77. The van der Waals surface area contributed by atoms with Crippen LogP contribution in [0, 0.1) is 6.92 Å². The van der Waals surface area contributed by atoms with Gasteiger partial charge in [0.25, 0.3) is 0 Å². The van der Waals surface area contributed by atoms with E-state index in [9.17, 15) is 13.2 Å². The highest BCUT2D eigenvalue weighted by atomic mass is 35.5. The highest BCUT2D eigenvalue weighted by molar-refractivity contribution is 8.00. The van der Waals surface area contributed by atoms with Gasteiger partial charge in [-0.05, 0) is 42.1 Å². The van der Waals surface area contributed by atoms with Crippen molar-refractivity contribution in [2.75, 3.05) is 25.2 Å². The standard InChI is InChI=1S/C21H21ClN2O3S2/c1-14-10-11-16(29(26,27)24(2)3)12-18(14)23-20(25)13-28-19-9-5-7-15-6-4-8-17(22)21(15)19/h4-12H,13H2,1-3H3,(H,23,25). The molecule has 0 radical (unpaired) electrons. The van der Waals surface area contributed by atoms with E-state index >= 15 is 0 Å². The Morgan fingerprint density at radius 3 is 2.48 bits per heavy atom. The Morgan fingerprint density at radius 2 is 1.79 bits per heavy atom. The second-order valence-electron chi connectivity index (χ2n) is 6.70. The highest BCUT2D eigenvalue weighted by Gasteiger charge is 2.19. The molecule has 0 heterocycles. The molecule has 3 aromatic carbocycles. The number of carbonyl (C=O) groups is 1. The summed E-state index contributed by atoms with van der Waals surface area (Å²) in [7, 11) is -0.631. The molecule has 29 heavy (non-hydrogen) atoms. The van der Waals surface area contributed by atoms with Crippen molar-refractivity contribution >= 4 is 55.8 Å². The zero-order valence-corrected chi connectivity index (χ0v) is 18.7. The van der Waals surface area contributed by atoms with Crippen molar-refractivity contribution in [1.82, 2.24) is 4.31 Å². The second kappa shape index (κ2) is 8.75. The van der Waals surface area contributed by atoms with Gasteiger partial charge >= 0.3 is 0 Å². The van der Waals surface area contributed by atoms with Gasteiger partial charge in [0.05, 0.1) is 10.6 Å². The molecule has 0 saturated carbocycles. The smallest absolute Gasteiger partial charge is 0.242 e. The summed E-state index contributed by atoms with van der Waals surface area (Å²) in [4.78, 5) is 13.6. The van der Waals surface area contributed by atoms with Crippen LogP contribution in [0.15, 0.2) is 64.4 Å². The van der Waals surface area contributed by atoms with E-state index in [0.29, 0.717) is 10.7 Å². The van der Waals surface area contributed by atoms with Crippen LogP contribution >= 0.6 is 23.4 Å². The first-order valence-electron chi connectivity index (χ1n) is 8.83.